The second kappa shape index (κ2) is 7.56. The molecule has 0 aliphatic carbocycles. The Bertz CT molecular complexity index is 1490. The predicted octanol–water partition coefficient (Wildman–Crippen LogP) is 3.04. The van der Waals surface area contributed by atoms with Crippen molar-refractivity contribution in [3.8, 4) is 0 Å². The van der Waals surface area contributed by atoms with Gasteiger partial charge in [-0.2, -0.15) is 10.1 Å². The van der Waals surface area contributed by atoms with Crippen molar-refractivity contribution >= 4 is 45.6 Å². The standard InChI is InChI=1S/C26H26N4O2S/c1-6-29-24(32)21(22-26(3,4)18-14-10-11-15-19(18)28(22)5)33-25(29)20-16(2)27-30(23(20)31)17-12-8-7-9-13-17/h7-15H,6H2,1-5H3. The van der Waals surface area contributed by atoms with E-state index in [2.05, 4.69) is 36.0 Å². The van der Waals surface area contributed by atoms with Gasteiger partial charge in [-0.1, -0.05) is 50.2 Å². The summed E-state index contributed by atoms with van der Waals surface area (Å²) in [6, 6.07) is 17.6. The molecule has 2 aromatic carbocycles. The number of hydrogen-bond acceptors (Lipinski definition) is 5. The first-order valence-electron chi connectivity index (χ1n) is 11.0. The number of hydrogen-bond donors (Lipinski definition) is 0. The lowest BCUT2D eigenvalue weighted by atomic mass is 9.84. The van der Waals surface area contributed by atoms with Gasteiger partial charge in [-0.15, -0.1) is 11.3 Å². The highest BCUT2D eigenvalue weighted by atomic mass is 32.1. The van der Waals surface area contributed by atoms with E-state index in [1.165, 1.54) is 21.9 Å². The molecule has 5 rings (SSSR count). The van der Waals surface area contributed by atoms with Crippen molar-refractivity contribution in [2.45, 2.75) is 39.7 Å². The van der Waals surface area contributed by atoms with Crippen LogP contribution in [0.5, 0.6) is 0 Å². The molecule has 7 heteroatoms. The van der Waals surface area contributed by atoms with Crippen molar-refractivity contribution in [3.05, 3.63) is 79.7 Å². The van der Waals surface area contributed by atoms with Crippen LogP contribution >= 0.6 is 11.3 Å². The topological polar surface area (TPSA) is 57.9 Å². The number of likely N-dealkylation sites (N-methyl/N-ethyl adjacent to an activating group) is 1. The molecule has 0 saturated carbocycles. The molecule has 0 bridgehead atoms. The summed E-state index contributed by atoms with van der Waals surface area (Å²) in [7, 11) is 2.01. The van der Waals surface area contributed by atoms with Gasteiger partial charge in [0.15, 0.2) is 0 Å². The molecule has 0 fully saturated rings. The lowest BCUT2D eigenvalue weighted by Crippen LogP contribution is -2.38. The fourth-order valence-corrected chi connectivity index (χ4v) is 6.47. The van der Waals surface area contributed by atoms with Crippen LogP contribution in [0.15, 0.2) is 64.5 Å². The molecular weight excluding hydrogens is 432 g/mol. The van der Waals surface area contributed by atoms with E-state index < -0.39 is 0 Å². The van der Waals surface area contributed by atoms with Crippen molar-refractivity contribution < 1.29 is 4.79 Å². The highest BCUT2D eigenvalue weighted by Gasteiger charge is 2.40. The van der Waals surface area contributed by atoms with Gasteiger partial charge < -0.3 is 4.90 Å². The zero-order chi connectivity index (χ0) is 23.5. The number of para-hydroxylation sites is 2. The second-order valence-corrected chi connectivity index (χ2v) is 9.85. The van der Waals surface area contributed by atoms with Crippen LogP contribution in [0.3, 0.4) is 0 Å². The zero-order valence-electron chi connectivity index (χ0n) is 19.4. The van der Waals surface area contributed by atoms with Crippen LogP contribution in [0.4, 0.5) is 11.4 Å². The molecular formula is C26H26N4O2S. The highest BCUT2D eigenvalue weighted by Crippen LogP contribution is 2.46. The molecule has 2 aliphatic rings. The maximum Gasteiger partial charge on any atom is 0.283 e. The molecule has 1 amide bonds. The van der Waals surface area contributed by atoms with Gasteiger partial charge >= 0.3 is 0 Å². The molecule has 0 N–H and O–H groups in total. The van der Waals surface area contributed by atoms with Crippen molar-refractivity contribution in [1.29, 1.82) is 0 Å². The summed E-state index contributed by atoms with van der Waals surface area (Å²) in [6.07, 6.45) is 0. The largest absolute Gasteiger partial charge is 0.346 e. The smallest absolute Gasteiger partial charge is 0.283 e. The molecule has 1 aromatic heterocycles. The molecule has 0 saturated heterocycles. The average molecular weight is 459 g/mol. The van der Waals surface area contributed by atoms with Gasteiger partial charge in [-0.3, -0.25) is 14.2 Å². The molecule has 33 heavy (non-hydrogen) atoms. The first kappa shape index (κ1) is 21.4. The Kier molecular flexibility index (Phi) is 4.90. The number of rotatable bonds is 2. The Morgan fingerprint density at radius 3 is 2.33 bits per heavy atom. The SMILES string of the molecule is CCn1c(=C2C(=O)N(c3ccccc3)N=C2C)sc(=C2N(C)c3ccccc3C2(C)C)c1=O. The van der Waals surface area contributed by atoms with Crippen LogP contribution in [-0.4, -0.2) is 23.2 Å². The van der Waals surface area contributed by atoms with Crippen molar-refractivity contribution in [1.82, 2.24) is 4.57 Å². The van der Waals surface area contributed by atoms with Gasteiger partial charge in [0.05, 0.1) is 22.7 Å². The fourth-order valence-electron chi connectivity index (χ4n) is 4.93. The average Bonchev–Trinajstić information content (AvgIpc) is 3.35. The van der Waals surface area contributed by atoms with E-state index in [0.717, 1.165) is 11.4 Å². The number of carbonyl (C=O) groups is 1. The van der Waals surface area contributed by atoms with Crippen LogP contribution < -0.4 is 24.7 Å². The van der Waals surface area contributed by atoms with E-state index in [1.54, 1.807) is 4.57 Å². The number of carbonyl (C=O) groups excluding carboxylic acids is 1. The molecule has 2 aliphatic heterocycles. The van der Waals surface area contributed by atoms with Gasteiger partial charge in [0.2, 0.25) is 0 Å². The molecule has 6 nitrogen and oxygen atoms in total. The minimum Gasteiger partial charge on any atom is -0.346 e. The summed E-state index contributed by atoms with van der Waals surface area (Å²) in [5, 5.41) is 5.94. The summed E-state index contributed by atoms with van der Waals surface area (Å²) in [6.45, 7) is 8.54. The second-order valence-electron chi connectivity index (χ2n) is 8.85. The van der Waals surface area contributed by atoms with E-state index >= 15 is 0 Å². The third-order valence-corrected chi connectivity index (χ3v) is 7.70. The predicted molar refractivity (Wildman–Crippen MR) is 135 cm³/mol. The first-order valence-corrected chi connectivity index (χ1v) is 11.9. The number of aromatic nitrogens is 1. The number of anilines is 2. The number of hydrazone groups is 1. The van der Waals surface area contributed by atoms with Gasteiger partial charge in [-0.05, 0) is 37.6 Å². The third-order valence-electron chi connectivity index (χ3n) is 6.51. The van der Waals surface area contributed by atoms with Gasteiger partial charge in [0.1, 0.15) is 9.20 Å². The molecule has 3 aromatic rings. The summed E-state index contributed by atoms with van der Waals surface area (Å²) >= 11 is 1.39. The summed E-state index contributed by atoms with van der Waals surface area (Å²) in [5.41, 5.74) is 4.68. The van der Waals surface area contributed by atoms with Crippen LogP contribution in [0.2, 0.25) is 0 Å². The Labute approximate surface area is 196 Å². The maximum absolute atomic E-state index is 13.7. The summed E-state index contributed by atoms with van der Waals surface area (Å²) < 4.78 is 3.04. The van der Waals surface area contributed by atoms with Crippen molar-refractivity contribution in [3.63, 3.8) is 0 Å². The molecule has 0 radical (unpaired) electrons. The Morgan fingerprint density at radius 2 is 1.67 bits per heavy atom. The van der Waals surface area contributed by atoms with Gasteiger partial charge in [0, 0.05) is 24.7 Å². The molecule has 168 valence electrons. The molecule has 0 unspecified atom stereocenters. The molecule has 0 atom stereocenters. The lowest BCUT2D eigenvalue weighted by molar-refractivity contribution is -0.112. The van der Waals surface area contributed by atoms with E-state index in [0.29, 0.717) is 32.7 Å². The number of thiazole rings is 1. The molecule has 3 heterocycles. The lowest BCUT2D eigenvalue weighted by Gasteiger charge is -2.23. The van der Waals surface area contributed by atoms with Crippen LogP contribution in [0.25, 0.3) is 11.3 Å². The zero-order valence-corrected chi connectivity index (χ0v) is 20.2. The Hall–Kier alpha value is -3.45. The third kappa shape index (κ3) is 3.03. The van der Waals surface area contributed by atoms with Gasteiger partial charge in [0.25, 0.3) is 11.5 Å². The minimum atomic E-state index is -0.332. The normalized spacial score (nSPS) is 20.4. The van der Waals surface area contributed by atoms with E-state index in [9.17, 15) is 9.59 Å². The summed E-state index contributed by atoms with van der Waals surface area (Å²) in [4.78, 5) is 29.2. The van der Waals surface area contributed by atoms with Gasteiger partial charge in [-0.25, -0.2) is 0 Å². The number of benzene rings is 2. The summed E-state index contributed by atoms with van der Waals surface area (Å²) in [5.74, 6) is -0.207. The maximum atomic E-state index is 13.7. The minimum absolute atomic E-state index is 0.0634. The first-order chi connectivity index (χ1) is 15.8. The monoisotopic (exact) mass is 458 g/mol. The van der Waals surface area contributed by atoms with E-state index in [4.69, 9.17) is 0 Å². The van der Waals surface area contributed by atoms with Crippen LogP contribution in [-0.2, 0) is 16.8 Å². The Balaban J connectivity index is 1.79. The number of amides is 1. The number of fused-ring (bicyclic) bond motifs is 1. The Morgan fingerprint density at radius 1 is 1.00 bits per heavy atom. The van der Waals surface area contributed by atoms with Crippen LogP contribution in [0, 0.1) is 0 Å². The van der Waals surface area contributed by atoms with Crippen molar-refractivity contribution in [2.24, 2.45) is 5.10 Å². The van der Waals surface area contributed by atoms with Crippen LogP contribution in [0.1, 0.15) is 33.3 Å². The molecule has 0 spiro atoms. The quantitative estimate of drug-likeness (QED) is 0.593. The number of nitrogens with zero attached hydrogens (tertiary/aromatic N) is 4. The highest BCUT2D eigenvalue weighted by molar-refractivity contribution is 7.08. The van der Waals surface area contributed by atoms with Crippen molar-refractivity contribution in [2.75, 3.05) is 17.0 Å². The van der Waals surface area contributed by atoms with E-state index in [-0.39, 0.29) is 16.9 Å². The fraction of sp³-hybridized carbons (Fsp3) is 0.269. The van der Waals surface area contributed by atoms with E-state index in [1.807, 2.05) is 63.4 Å².